The number of hydrogen-bond acceptors (Lipinski definition) is 2. The molecule has 0 aliphatic heterocycles. The molecule has 2 nitrogen and oxygen atoms in total. The minimum atomic E-state index is 0.340. The van der Waals surface area contributed by atoms with Crippen LogP contribution in [0.5, 0.6) is 0 Å². The fourth-order valence-electron chi connectivity index (χ4n) is 0.528. The van der Waals surface area contributed by atoms with Crippen molar-refractivity contribution in [3.8, 4) is 0 Å². The fraction of sp³-hybridized carbons (Fsp3) is 0.500. The summed E-state index contributed by atoms with van der Waals surface area (Å²) in [5.74, 6) is 0.340. The number of nitrogens with zero attached hydrogens (tertiary/aromatic N) is 2. The second-order valence-electron chi connectivity index (χ2n) is 2.49. The van der Waals surface area contributed by atoms with E-state index in [1.165, 1.54) is 0 Å². The molecule has 0 aliphatic rings. The van der Waals surface area contributed by atoms with Gasteiger partial charge in [-0.05, 0) is 19.6 Å². The Kier molecular flexibility index (Phi) is 4.79. The normalized spacial score (nSPS) is 13.9. The maximum Gasteiger partial charge on any atom is 0.103 e. The number of allylic oxidation sites excluding steroid dienone is 1. The quantitative estimate of drug-likeness (QED) is 0.585. The van der Waals surface area contributed by atoms with Gasteiger partial charge in [0.15, 0.2) is 0 Å². The third-order valence-corrected chi connectivity index (χ3v) is 1.25. The molecule has 0 saturated heterocycles. The van der Waals surface area contributed by atoms with Crippen LogP contribution in [0.1, 0.15) is 20.8 Å². The van der Waals surface area contributed by atoms with E-state index in [-0.39, 0.29) is 0 Å². The second kappa shape index (κ2) is 5.08. The molecule has 11 heavy (non-hydrogen) atoms. The van der Waals surface area contributed by atoms with Crippen molar-refractivity contribution < 1.29 is 0 Å². The molecule has 0 heterocycles. The summed E-state index contributed by atoms with van der Waals surface area (Å²) in [6.07, 6.45) is 1.64. The molecular weight excluding hydrogens is 160 g/mol. The Morgan fingerprint density at radius 2 is 2.09 bits per heavy atom. The first-order valence-electron chi connectivity index (χ1n) is 3.44. The monoisotopic (exact) mass is 172 g/mol. The molecule has 3 heteroatoms. The van der Waals surface area contributed by atoms with Crippen LogP contribution in [-0.4, -0.2) is 11.9 Å². The van der Waals surface area contributed by atoms with Gasteiger partial charge in [-0.2, -0.15) is 0 Å². The molecule has 0 unspecified atom stereocenters. The van der Waals surface area contributed by atoms with E-state index in [0.717, 1.165) is 5.70 Å². The second-order valence-corrected chi connectivity index (χ2v) is 3.04. The van der Waals surface area contributed by atoms with E-state index in [1.807, 2.05) is 13.8 Å². The van der Waals surface area contributed by atoms with Crippen LogP contribution in [0.15, 0.2) is 21.9 Å². The Bertz CT molecular complexity index is 188. The predicted molar refractivity (Wildman–Crippen MR) is 51.4 cm³/mol. The molecule has 0 fully saturated rings. The van der Waals surface area contributed by atoms with Crippen molar-refractivity contribution >= 4 is 23.5 Å². The third kappa shape index (κ3) is 4.73. The molecule has 0 N–H and O–H groups in total. The maximum absolute atomic E-state index is 5.53. The highest BCUT2D eigenvalue weighted by Crippen LogP contribution is 2.09. The van der Waals surface area contributed by atoms with Gasteiger partial charge in [0.2, 0.25) is 0 Å². The van der Waals surface area contributed by atoms with E-state index in [4.69, 9.17) is 11.6 Å². The smallest absolute Gasteiger partial charge is 0.103 e. The first-order valence-corrected chi connectivity index (χ1v) is 3.82. The predicted octanol–water partition coefficient (Wildman–Crippen LogP) is 2.84. The summed E-state index contributed by atoms with van der Waals surface area (Å²) in [5, 5.41) is 0.506. The summed E-state index contributed by atoms with van der Waals surface area (Å²) in [7, 11) is 0. The first kappa shape index (κ1) is 10.4. The van der Waals surface area contributed by atoms with E-state index in [2.05, 4.69) is 16.7 Å². The van der Waals surface area contributed by atoms with Crippen molar-refractivity contribution in [2.24, 2.45) is 15.9 Å². The molecular formula is C8H13ClN2. The van der Waals surface area contributed by atoms with E-state index in [0.29, 0.717) is 11.1 Å². The maximum atomic E-state index is 5.53. The van der Waals surface area contributed by atoms with Gasteiger partial charge in [-0.15, -0.1) is 0 Å². The van der Waals surface area contributed by atoms with E-state index in [9.17, 15) is 0 Å². The number of aliphatic imine (C=N–C) groups is 2. The Morgan fingerprint density at radius 1 is 1.55 bits per heavy atom. The fourth-order valence-corrected chi connectivity index (χ4v) is 0.576. The zero-order valence-electron chi connectivity index (χ0n) is 7.13. The lowest BCUT2D eigenvalue weighted by molar-refractivity contribution is 0.757. The van der Waals surface area contributed by atoms with Crippen LogP contribution < -0.4 is 0 Å². The molecule has 0 rings (SSSR count). The van der Waals surface area contributed by atoms with Gasteiger partial charge < -0.3 is 0 Å². The standard InChI is InChI=1S/C8H13ClN2/c1-6(2)8(10-4)5-11-7(3)9/h5-6H,4H2,1-3H3/b8-5-,11-7?. The minimum Gasteiger partial charge on any atom is -0.267 e. The highest BCUT2D eigenvalue weighted by atomic mass is 35.5. The summed E-state index contributed by atoms with van der Waals surface area (Å²) < 4.78 is 0. The van der Waals surface area contributed by atoms with Crippen LogP contribution >= 0.6 is 11.6 Å². The molecule has 0 saturated carbocycles. The van der Waals surface area contributed by atoms with Gasteiger partial charge in [-0.25, -0.2) is 4.99 Å². The number of hydrogen-bond donors (Lipinski definition) is 0. The van der Waals surface area contributed by atoms with Gasteiger partial charge in [-0.1, -0.05) is 25.4 Å². The van der Waals surface area contributed by atoms with Gasteiger partial charge in [0.25, 0.3) is 0 Å². The van der Waals surface area contributed by atoms with Crippen LogP contribution in [0.2, 0.25) is 0 Å². The Morgan fingerprint density at radius 3 is 2.36 bits per heavy atom. The zero-order chi connectivity index (χ0) is 8.85. The van der Waals surface area contributed by atoms with Crippen molar-refractivity contribution in [2.45, 2.75) is 20.8 Å². The summed E-state index contributed by atoms with van der Waals surface area (Å²) in [4.78, 5) is 7.71. The third-order valence-electron chi connectivity index (χ3n) is 1.15. The van der Waals surface area contributed by atoms with Crippen LogP contribution in [0.25, 0.3) is 0 Å². The lowest BCUT2D eigenvalue weighted by Gasteiger charge is -2.01. The van der Waals surface area contributed by atoms with Crippen molar-refractivity contribution in [3.63, 3.8) is 0 Å². The number of halogens is 1. The van der Waals surface area contributed by atoms with Crippen molar-refractivity contribution in [3.05, 3.63) is 11.9 Å². The molecule has 0 aromatic rings. The Balaban J connectivity index is 4.36. The van der Waals surface area contributed by atoms with Gasteiger partial charge in [-0.3, -0.25) is 4.99 Å². The van der Waals surface area contributed by atoms with Gasteiger partial charge in [0, 0.05) is 6.20 Å². The molecule has 0 atom stereocenters. The molecule has 0 aliphatic carbocycles. The lowest BCUT2D eigenvalue weighted by Crippen LogP contribution is -1.89. The van der Waals surface area contributed by atoms with E-state index < -0.39 is 0 Å². The SMILES string of the molecule is C=N/C(=C\N=C(C)Cl)C(C)C. The summed E-state index contributed by atoms with van der Waals surface area (Å²) in [5.41, 5.74) is 0.852. The van der Waals surface area contributed by atoms with Crippen LogP contribution in [0.3, 0.4) is 0 Å². The lowest BCUT2D eigenvalue weighted by atomic mass is 10.1. The van der Waals surface area contributed by atoms with Crippen molar-refractivity contribution in [1.82, 2.24) is 0 Å². The highest BCUT2D eigenvalue weighted by Gasteiger charge is 1.97. The molecule has 62 valence electrons. The molecule has 0 bridgehead atoms. The summed E-state index contributed by atoms with van der Waals surface area (Å²) >= 11 is 5.53. The Hall–Kier alpha value is -0.630. The molecule has 0 aromatic carbocycles. The minimum absolute atomic E-state index is 0.340. The van der Waals surface area contributed by atoms with Gasteiger partial charge in [0.05, 0.1) is 5.70 Å². The number of rotatable bonds is 3. The molecule has 0 spiro atoms. The van der Waals surface area contributed by atoms with E-state index >= 15 is 0 Å². The summed E-state index contributed by atoms with van der Waals surface area (Å²) in [6.45, 7) is 9.21. The molecule has 0 aromatic heterocycles. The first-order chi connectivity index (χ1) is 5.07. The van der Waals surface area contributed by atoms with Crippen LogP contribution in [0.4, 0.5) is 0 Å². The van der Waals surface area contributed by atoms with Crippen LogP contribution in [0, 0.1) is 5.92 Å². The largest absolute Gasteiger partial charge is 0.267 e. The van der Waals surface area contributed by atoms with Crippen LogP contribution in [-0.2, 0) is 0 Å². The van der Waals surface area contributed by atoms with Gasteiger partial charge in [0.1, 0.15) is 5.17 Å². The van der Waals surface area contributed by atoms with Gasteiger partial charge >= 0.3 is 0 Å². The topological polar surface area (TPSA) is 24.7 Å². The van der Waals surface area contributed by atoms with Crippen molar-refractivity contribution in [1.29, 1.82) is 0 Å². The Labute approximate surface area is 72.7 Å². The van der Waals surface area contributed by atoms with Crippen molar-refractivity contribution in [2.75, 3.05) is 0 Å². The molecule has 0 radical (unpaired) electrons. The summed E-state index contributed by atoms with van der Waals surface area (Å²) in [6, 6.07) is 0. The average Bonchev–Trinajstić information content (AvgIpc) is 1.87. The average molecular weight is 173 g/mol. The molecule has 0 amide bonds. The van der Waals surface area contributed by atoms with E-state index in [1.54, 1.807) is 13.1 Å². The zero-order valence-corrected chi connectivity index (χ0v) is 7.89. The highest BCUT2D eigenvalue weighted by molar-refractivity contribution is 6.64.